The van der Waals surface area contributed by atoms with E-state index in [1.807, 2.05) is 0 Å². The molecule has 1 heterocycles. The first-order valence-electron chi connectivity index (χ1n) is 7.03. The second kappa shape index (κ2) is 7.35. The number of aromatic carboxylic acids is 1. The molecule has 2 N–H and O–H groups in total. The molecule has 7 nitrogen and oxygen atoms in total. The molecule has 0 saturated carbocycles. The van der Waals surface area contributed by atoms with Gasteiger partial charge in [0.15, 0.2) is 0 Å². The molecule has 0 bridgehead atoms. The first-order valence-corrected chi connectivity index (χ1v) is 7.03. The van der Waals surface area contributed by atoms with Crippen molar-refractivity contribution in [3.05, 3.63) is 35.4 Å². The van der Waals surface area contributed by atoms with Gasteiger partial charge in [-0.15, -0.1) is 0 Å². The lowest BCUT2D eigenvalue weighted by Crippen LogP contribution is -2.43. The fourth-order valence-electron chi connectivity index (χ4n) is 2.17. The molecule has 22 heavy (non-hydrogen) atoms. The van der Waals surface area contributed by atoms with E-state index >= 15 is 0 Å². The van der Waals surface area contributed by atoms with Crippen LogP contribution in [0.15, 0.2) is 29.4 Å². The molecule has 2 rings (SSSR count). The topological polar surface area (TPSA) is 99.1 Å². The van der Waals surface area contributed by atoms with Gasteiger partial charge in [-0.25, -0.2) is 10.2 Å². The number of amides is 2. The Morgan fingerprint density at radius 2 is 1.73 bits per heavy atom. The summed E-state index contributed by atoms with van der Waals surface area (Å²) in [5.41, 5.74) is 2.98. The number of hydrogen-bond acceptors (Lipinski definition) is 4. The number of benzene rings is 1. The number of nitrogens with one attached hydrogen (secondary N) is 1. The highest BCUT2D eigenvalue weighted by atomic mass is 16.4. The molecule has 0 radical (unpaired) electrons. The van der Waals surface area contributed by atoms with Gasteiger partial charge in [0.25, 0.3) is 0 Å². The summed E-state index contributed by atoms with van der Waals surface area (Å²) in [4.78, 5) is 35.7. The van der Waals surface area contributed by atoms with Crippen LogP contribution in [0.1, 0.15) is 35.2 Å². The monoisotopic (exact) mass is 303 g/mol. The lowest BCUT2D eigenvalue weighted by Gasteiger charge is -2.25. The third-order valence-electron chi connectivity index (χ3n) is 3.37. The minimum atomic E-state index is -1.01. The lowest BCUT2D eigenvalue weighted by molar-refractivity contribution is -0.146. The average Bonchev–Trinajstić information content (AvgIpc) is 2.55. The molecule has 116 valence electrons. The van der Waals surface area contributed by atoms with Gasteiger partial charge in [0.05, 0.1) is 11.8 Å². The van der Waals surface area contributed by atoms with Gasteiger partial charge in [-0.1, -0.05) is 12.1 Å². The molecule has 1 aliphatic heterocycles. The van der Waals surface area contributed by atoms with Crippen LogP contribution in [0.25, 0.3) is 0 Å². The summed E-state index contributed by atoms with van der Waals surface area (Å²) in [6, 6.07) is 5.99. The Kier molecular flexibility index (Phi) is 5.24. The maximum absolute atomic E-state index is 11.8. The fraction of sp³-hybridized carbons (Fsp3) is 0.333. The largest absolute Gasteiger partial charge is 0.478 e. The summed E-state index contributed by atoms with van der Waals surface area (Å²) in [6.07, 6.45) is 4.26. The van der Waals surface area contributed by atoms with E-state index in [0.717, 1.165) is 19.3 Å². The number of rotatable bonds is 3. The molecule has 1 aromatic rings. The van der Waals surface area contributed by atoms with Crippen LogP contribution in [0.3, 0.4) is 0 Å². The minimum absolute atomic E-state index is 0.168. The van der Waals surface area contributed by atoms with Crippen molar-refractivity contribution in [3.8, 4) is 0 Å². The Morgan fingerprint density at radius 1 is 1.09 bits per heavy atom. The molecule has 0 unspecified atom stereocenters. The molecule has 0 aliphatic carbocycles. The summed E-state index contributed by atoms with van der Waals surface area (Å²) in [5.74, 6) is -2.35. The number of hydrazone groups is 1. The Labute approximate surface area is 127 Å². The number of carbonyl (C=O) groups is 3. The van der Waals surface area contributed by atoms with E-state index in [9.17, 15) is 14.4 Å². The molecule has 1 aromatic carbocycles. The molecule has 0 spiro atoms. The van der Waals surface area contributed by atoms with Crippen molar-refractivity contribution in [1.29, 1.82) is 0 Å². The predicted octanol–water partition coefficient (Wildman–Crippen LogP) is 0.847. The standard InChI is InChI=1S/C15H17N3O4/c19-13(14(20)18-8-2-1-3-9-18)17-16-10-11-4-6-12(7-5-11)15(21)22/h4-7,10H,1-3,8-9H2,(H,17,19)(H,21,22)/b16-10-. The van der Waals surface area contributed by atoms with Gasteiger partial charge in [-0.3, -0.25) is 9.59 Å². The maximum Gasteiger partial charge on any atom is 0.335 e. The Hall–Kier alpha value is -2.70. The predicted molar refractivity (Wildman–Crippen MR) is 79.6 cm³/mol. The Morgan fingerprint density at radius 3 is 2.32 bits per heavy atom. The molecule has 7 heteroatoms. The van der Waals surface area contributed by atoms with Crippen LogP contribution in [0.2, 0.25) is 0 Å². The molecule has 0 aromatic heterocycles. The maximum atomic E-state index is 11.8. The molecule has 2 amide bonds. The first-order chi connectivity index (χ1) is 10.6. The summed E-state index contributed by atoms with van der Waals surface area (Å²) in [5, 5.41) is 12.5. The van der Waals surface area contributed by atoms with Gasteiger partial charge in [-0.2, -0.15) is 5.10 Å². The highest BCUT2D eigenvalue weighted by Crippen LogP contribution is 2.08. The van der Waals surface area contributed by atoms with E-state index in [-0.39, 0.29) is 5.56 Å². The summed E-state index contributed by atoms with van der Waals surface area (Å²) in [6.45, 7) is 1.21. The van der Waals surface area contributed by atoms with Crippen molar-refractivity contribution in [2.45, 2.75) is 19.3 Å². The van der Waals surface area contributed by atoms with Crippen molar-refractivity contribution < 1.29 is 19.5 Å². The smallest absolute Gasteiger partial charge is 0.335 e. The van der Waals surface area contributed by atoms with E-state index in [4.69, 9.17) is 5.11 Å². The quantitative estimate of drug-likeness (QED) is 0.491. The highest BCUT2D eigenvalue weighted by Gasteiger charge is 2.22. The number of carboxylic acid groups (broad SMARTS) is 1. The third-order valence-corrected chi connectivity index (χ3v) is 3.37. The average molecular weight is 303 g/mol. The van der Waals surface area contributed by atoms with E-state index in [0.29, 0.717) is 18.7 Å². The molecule has 1 aliphatic rings. The van der Waals surface area contributed by atoms with Crippen LogP contribution >= 0.6 is 0 Å². The second-order valence-corrected chi connectivity index (χ2v) is 4.98. The number of carbonyl (C=O) groups excluding carboxylic acids is 2. The number of nitrogens with zero attached hydrogens (tertiary/aromatic N) is 2. The van der Waals surface area contributed by atoms with Crippen LogP contribution in [-0.2, 0) is 9.59 Å². The van der Waals surface area contributed by atoms with E-state index in [1.54, 1.807) is 12.1 Å². The normalized spacial score (nSPS) is 14.8. The minimum Gasteiger partial charge on any atom is -0.478 e. The van der Waals surface area contributed by atoms with Crippen molar-refractivity contribution >= 4 is 24.0 Å². The van der Waals surface area contributed by atoms with Gasteiger partial charge in [-0.05, 0) is 37.0 Å². The van der Waals surface area contributed by atoms with Crippen LogP contribution in [0.4, 0.5) is 0 Å². The van der Waals surface area contributed by atoms with Crippen LogP contribution in [0, 0.1) is 0 Å². The van der Waals surface area contributed by atoms with Crippen molar-refractivity contribution in [1.82, 2.24) is 10.3 Å². The van der Waals surface area contributed by atoms with Gasteiger partial charge in [0, 0.05) is 13.1 Å². The second-order valence-electron chi connectivity index (χ2n) is 4.98. The third kappa shape index (κ3) is 4.15. The van der Waals surface area contributed by atoms with E-state index in [1.165, 1.54) is 23.2 Å². The zero-order valence-electron chi connectivity index (χ0n) is 12.0. The van der Waals surface area contributed by atoms with Crippen molar-refractivity contribution in [2.75, 3.05) is 13.1 Å². The summed E-state index contributed by atoms with van der Waals surface area (Å²) < 4.78 is 0. The fourth-order valence-corrected chi connectivity index (χ4v) is 2.17. The first kappa shape index (κ1) is 15.7. The highest BCUT2D eigenvalue weighted by molar-refractivity contribution is 6.35. The number of carboxylic acids is 1. The van der Waals surface area contributed by atoms with E-state index < -0.39 is 17.8 Å². The molecular formula is C15H17N3O4. The van der Waals surface area contributed by atoms with Gasteiger partial charge in [0.2, 0.25) is 0 Å². The van der Waals surface area contributed by atoms with E-state index in [2.05, 4.69) is 10.5 Å². The van der Waals surface area contributed by atoms with Crippen LogP contribution < -0.4 is 5.43 Å². The number of hydrogen-bond donors (Lipinski definition) is 2. The number of piperidine rings is 1. The van der Waals surface area contributed by atoms with Crippen molar-refractivity contribution in [2.24, 2.45) is 5.10 Å². The Balaban J connectivity index is 1.86. The molecule has 1 saturated heterocycles. The molecule has 0 atom stereocenters. The lowest BCUT2D eigenvalue weighted by atomic mass is 10.1. The summed E-state index contributed by atoms with van der Waals surface area (Å²) >= 11 is 0. The number of likely N-dealkylation sites (tertiary alicyclic amines) is 1. The molecule has 1 fully saturated rings. The van der Waals surface area contributed by atoms with Gasteiger partial charge < -0.3 is 10.0 Å². The van der Waals surface area contributed by atoms with Crippen LogP contribution in [0.5, 0.6) is 0 Å². The van der Waals surface area contributed by atoms with Crippen molar-refractivity contribution in [3.63, 3.8) is 0 Å². The van der Waals surface area contributed by atoms with Gasteiger partial charge in [0.1, 0.15) is 0 Å². The Bertz CT molecular complexity index is 589. The van der Waals surface area contributed by atoms with Crippen LogP contribution in [-0.4, -0.2) is 47.1 Å². The SMILES string of the molecule is O=C(N/N=C\c1ccc(C(=O)O)cc1)C(=O)N1CCCCC1. The summed E-state index contributed by atoms with van der Waals surface area (Å²) in [7, 11) is 0. The zero-order valence-corrected chi connectivity index (χ0v) is 12.0. The zero-order chi connectivity index (χ0) is 15.9. The molecular weight excluding hydrogens is 286 g/mol. The van der Waals surface area contributed by atoms with Gasteiger partial charge >= 0.3 is 17.8 Å².